The summed E-state index contributed by atoms with van der Waals surface area (Å²) in [7, 11) is 0. The number of halogens is 1. The lowest BCUT2D eigenvalue weighted by Crippen LogP contribution is -2.24. The lowest BCUT2D eigenvalue weighted by atomic mass is 10.1. The van der Waals surface area contributed by atoms with E-state index in [2.05, 4.69) is 10.2 Å². The summed E-state index contributed by atoms with van der Waals surface area (Å²) in [6.45, 7) is 6.07. The van der Waals surface area contributed by atoms with Crippen molar-refractivity contribution < 1.29 is 9.90 Å². The van der Waals surface area contributed by atoms with Gasteiger partial charge in [0.2, 0.25) is 0 Å². The molecule has 7 heteroatoms. The van der Waals surface area contributed by atoms with Gasteiger partial charge in [-0.2, -0.15) is 0 Å². The Morgan fingerprint density at radius 2 is 2.10 bits per heavy atom. The van der Waals surface area contributed by atoms with Gasteiger partial charge in [-0.1, -0.05) is 35.5 Å². The molecule has 2 rings (SSSR count). The minimum atomic E-state index is -0.882. The van der Waals surface area contributed by atoms with Gasteiger partial charge in [0, 0.05) is 16.1 Å². The smallest absolute Gasteiger partial charge is 0.313 e. The molecule has 0 saturated heterocycles. The van der Waals surface area contributed by atoms with E-state index in [1.165, 1.54) is 0 Å². The van der Waals surface area contributed by atoms with Gasteiger partial charge in [0.05, 0.1) is 5.75 Å². The van der Waals surface area contributed by atoms with E-state index in [0.717, 1.165) is 17.3 Å². The van der Waals surface area contributed by atoms with Crippen LogP contribution in [0.5, 0.6) is 0 Å². The summed E-state index contributed by atoms with van der Waals surface area (Å²) in [4.78, 5) is 10.8. The number of aliphatic carboxylic acids is 1. The predicted molar refractivity (Wildman–Crippen MR) is 83.8 cm³/mol. The van der Waals surface area contributed by atoms with Crippen molar-refractivity contribution in [2.45, 2.75) is 31.5 Å². The Balaban J connectivity index is 2.49. The van der Waals surface area contributed by atoms with E-state index >= 15 is 0 Å². The molecule has 0 amide bonds. The summed E-state index contributed by atoms with van der Waals surface area (Å²) in [5.74, 6) is -0.255. The van der Waals surface area contributed by atoms with Gasteiger partial charge in [0.25, 0.3) is 0 Å². The van der Waals surface area contributed by atoms with Gasteiger partial charge in [-0.05, 0) is 32.9 Å². The molecule has 0 fully saturated rings. The number of hydrogen-bond donors (Lipinski definition) is 1. The molecular weight excluding hydrogens is 310 g/mol. The molecule has 0 radical (unpaired) electrons. The summed E-state index contributed by atoms with van der Waals surface area (Å²) >= 11 is 7.19. The van der Waals surface area contributed by atoms with Crippen LogP contribution in [0.1, 0.15) is 20.8 Å². The second-order valence-corrected chi connectivity index (χ2v) is 6.88. The van der Waals surface area contributed by atoms with Crippen LogP contribution in [0.25, 0.3) is 11.4 Å². The zero-order chi connectivity index (χ0) is 15.6. The van der Waals surface area contributed by atoms with E-state index in [0.29, 0.717) is 16.0 Å². The van der Waals surface area contributed by atoms with Crippen molar-refractivity contribution in [2.24, 2.45) is 0 Å². The highest BCUT2D eigenvalue weighted by Crippen LogP contribution is 2.31. The fraction of sp³-hybridized carbons (Fsp3) is 0.357. The first kappa shape index (κ1) is 15.9. The van der Waals surface area contributed by atoms with Gasteiger partial charge in [-0.15, -0.1) is 10.2 Å². The Hall–Kier alpha value is -1.53. The Morgan fingerprint density at radius 1 is 1.38 bits per heavy atom. The van der Waals surface area contributed by atoms with Crippen molar-refractivity contribution in [2.75, 3.05) is 5.75 Å². The standard InChI is InChI=1S/C14H16ClN3O2S/c1-14(2,3)18-12(9-5-4-6-10(15)7-9)16-17-13(18)21-8-11(19)20/h4-7H,8H2,1-3H3,(H,19,20). The monoisotopic (exact) mass is 325 g/mol. The van der Waals surface area contributed by atoms with Gasteiger partial charge in [-0.25, -0.2) is 0 Å². The van der Waals surface area contributed by atoms with Crippen LogP contribution in [-0.2, 0) is 10.3 Å². The zero-order valence-electron chi connectivity index (χ0n) is 12.0. The summed E-state index contributed by atoms with van der Waals surface area (Å²) < 4.78 is 1.94. The molecule has 1 N–H and O–H groups in total. The summed E-state index contributed by atoms with van der Waals surface area (Å²) in [6, 6.07) is 7.37. The molecule has 0 bridgehead atoms. The molecule has 0 saturated carbocycles. The minimum absolute atomic E-state index is 0.0518. The molecule has 2 aromatic rings. The number of thioether (sulfide) groups is 1. The molecule has 0 aliphatic rings. The number of hydrogen-bond acceptors (Lipinski definition) is 4. The molecular formula is C14H16ClN3O2S. The van der Waals surface area contributed by atoms with E-state index in [9.17, 15) is 4.79 Å². The van der Waals surface area contributed by atoms with Crippen LogP contribution >= 0.6 is 23.4 Å². The zero-order valence-corrected chi connectivity index (χ0v) is 13.6. The predicted octanol–water partition coefficient (Wildman–Crippen LogP) is 3.53. The average molecular weight is 326 g/mol. The van der Waals surface area contributed by atoms with Crippen LogP contribution in [0.4, 0.5) is 0 Å². The first-order valence-corrected chi connectivity index (χ1v) is 7.72. The van der Waals surface area contributed by atoms with E-state index in [4.69, 9.17) is 16.7 Å². The third-order valence-electron chi connectivity index (χ3n) is 2.71. The molecule has 21 heavy (non-hydrogen) atoms. The highest BCUT2D eigenvalue weighted by molar-refractivity contribution is 7.99. The highest BCUT2D eigenvalue weighted by Gasteiger charge is 2.24. The molecule has 0 atom stereocenters. The average Bonchev–Trinajstić information content (AvgIpc) is 2.80. The molecule has 5 nitrogen and oxygen atoms in total. The summed E-state index contributed by atoms with van der Waals surface area (Å²) in [6.07, 6.45) is 0. The molecule has 1 aromatic carbocycles. The fourth-order valence-corrected chi connectivity index (χ4v) is 2.94. The SMILES string of the molecule is CC(C)(C)n1c(SCC(=O)O)nnc1-c1cccc(Cl)c1. The number of nitrogens with zero attached hydrogens (tertiary/aromatic N) is 3. The van der Waals surface area contributed by atoms with Crippen molar-refractivity contribution >= 4 is 29.3 Å². The number of rotatable bonds is 4. The van der Waals surface area contributed by atoms with E-state index < -0.39 is 5.97 Å². The topological polar surface area (TPSA) is 68.0 Å². The van der Waals surface area contributed by atoms with E-state index in [1.54, 1.807) is 6.07 Å². The van der Waals surface area contributed by atoms with E-state index in [-0.39, 0.29) is 11.3 Å². The number of carboxylic acids is 1. The van der Waals surface area contributed by atoms with Gasteiger partial charge in [-0.3, -0.25) is 9.36 Å². The maximum Gasteiger partial charge on any atom is 0.313 e. The maximum atomic E-state index is 10.8. The quantitative estimate of drug-likeness (QED) is 0.871. The second kappa shape index (κ2) is 6.07. The van der Waals surface area contributed by atoms with Crippen LogP contribution in [-0.4, -0.2) is 31.6 Å². The highest BCUT2D eigenvalue weighted by atomic mass is 35.5. The van der Waals surface area contributed by atoms with Crippen molar-refractivity contribution in [3.63, 3.8) is 0 Å². The van der Waals surface area contributed by atoms with Crippen LogP contribution in [0.3, 0.4) is 0 Å². The Kier molecular flexibility index (Phi) is 4.58. The molecule has 0 spiro atoms. The number of aromatic nitrogens is 3. The molecule has 0 unspecified atom stereocenters. The number of benzene rings is 1. The summed E-state index contributed by atoms with van der Waals surface area (Å²) in [5, 5.41) is 18.4. The fourth-order valence-electron chi connectivity index (χ4n) is 1.91. The molecule has 112 valence electrons. The van der Waals surface area contributed by atoms with Gasteiger partial charge >= 0.3 is 5.97 Å². The van der Waals surface area contributed by atoms with Crippen LogP contribution < -0.4 is 0 Å². The lowest BCUT2D eigenvalue weighted by molar-refractivity contribution is -0.133. The Bertz CT molecular complexity index is 664. The Morgan fingerprint density at radius 3 is 2.67 bits per heavy atom. The third kappa shape index (κ3) is 3.77. The second-order valence-electron chi connectivity index (χ2n) is 5.51. The third-order valence-corrected chi connectivity index (χ3v) is 3.86. The van der Waals surface area contributed by atoms with Crippen LogP contribution in [0.15, 0.2) is 29.4 Å². The lowest BCUT2D eigenvalue weighted by Gasteiger charge is -2.24. The normalized spacial score (nSPS) is 11.6. The van der Waals surface area contributed by atoms with Crippen LogP contribution in [0.2, 0.25) is 5.02 Å². The van der Waals surface area contributed by atoms with Crippen LogP contribution in [0, 0.1) is 0 Å². The number of carbonyl (C=O) groups is 1. The van der Waals surface area contributed by atoms with Gasteiger partial charge in [0.15, 0.2) is 11.0 Å². The first-order chi connectivity index (χ1) is 9.79. The minimum Gasteiger partial charge on any atom is -0.481 e. The van der Waals surface area contributed by atoms with E-state index in [1.807, 2.05) is 43.5 Å². The molecule has 1 aromatic heterocycles. The van der Waals surface area contributed by atoms with Gasteiger partial charge < -0.3 is 5.11 Å². The van der Waals surface area contributed by atoms with Crippen molar-refractivity contribution in [3.05, 3.63) is 29.3 Å². The first-order valence-electron chi connectivity index (χ1n) is 6.35. The largest absolute Gasteiger partial charge is 0.481 e. The van der Waals surface area contributed by atoms with Crippen molar-refractivity contribution in [1.82, 2.24) is 14.8 Å². The van der Waals surface area contributed by atoms with Crippen molar-refractivity contribution in [1.29, 1.82) is 0 Å². The Labute approximate surface area is 132 Å². The molecule has 0 aliphatic carbocycles. The number of carboxylic acid groups (broad SMARTS) is 1. The van der Waals surface area contributed by atoms with Crippen molar-refractivity contribution in [3.8, 4) is 11.4 Å². The molecule has 1 heterocycles. The summed E-state index contributed by atoms with van der Waals surface area (Å²) in [5.41, 5.74) is 0.578. The van der Waals surface area contributed by atoms with Gasteiger partial charge in [0.1, 0.15) is 0 Å². The molecule has 0 aliphatic heterocycles. The maximum absolute atomic E-state index is 10.8.